The van der Waals surface area contributed by atoms with Crippen molar-refractivity contribution in [2.45, 2.75) is 26.2 Å². The van der Waals surface area contributed by atoms with Gasteiger partial charge in [-0.15, -0.1) is 0 Å². The highest BCUT2D eigenvalue weighted by Crippen LogP contribution is 2.33. The number of benzene rings is 1. The van der Waals surface area contributed by atoms with Crippen molar-refractivity contribution in [3.05, 3.63) is 29.3 Å². The van der Waals surface area contributed by atoms with Crippen molar-refractivity contribution >= 4 is 11.6 Å². The molecule has 0 saturated heterocycles. The maximum Gasteiger partial charge on any atom is 0.225 e. The second-order valence-corrected chi connectivity index (χ2v) is 4.30. The van der Waals surface area contributed by atoms with E-state index in [1.54, 1.807) is 0 Å². The van der Waals surface area contributed by atoms with E-state index in [4.69, 9.17) is 0 Å². The van der Waals surface area contributed by atoms with E-state index in [1.807, 2.05) is 13.0 Å². The summed E-state index contributed by atoms with van der Waals surface area (Å²) in [6.45, 7) is 5.94. The Bertz CT molecular complexity index is 401. The minimum atomic E-state index is 0.129. The fraction of sp³-hybridized carbons (Fsp3) is 0.462. The van der Waals surface area contributed by atoms with Crippen LogP contribution in [0.1, 0.15) is 30.4 Å². The smallest absolute Gasteiger partial charge is 0.225 e. The highest BCUT2D eigenvalue weighted by molar-refractivity contribution is 5.95. The number of anilines is 1. The maximum atomic E-state index is 11.6. The highest BCUT2D eigenvalue weighted by Gasteiger charge is 2.25. The van der Waals surface area contributed by atoms with E-state index in [-0.39, 0.29) is 5.91 Å². The monoisotopic (exact) mass is 218 g/mol. The number of aryl methyl sites for hydroxylation is 1. The van der Waals surface area contributed by atoms with Gasteiger partial charge >= 0.3 is 0 Å². The Morgan fingerprint density at radius 3 is 3.06 bits per heavy atom. The zero-order valence-corrected chi connectivity index (χ0v) is 9.84. The molecule has 3 nitrogen and oxygen atoms in total. The van der Waals surface area contributed by atoms with Crippen LogP contribution in [0.2, 0.25) is 0 Å². The zero-order chi connectivity index (χ0) is 11.5. The topological polar surface area (TPSA) is 41.1 Å². The predicted molar refractivity (Wildman–Crippen MR) is 65.7 cm³/mol. The Kier molecular flexibility index (Phi) is 3.25. The van der Waals surface area contributed by atoms with E-state index in [0.717, 1.165) is 24.3 Å². The molecule has 2 N–H and O–H groups in total. The summed E-state index contributed by atoms with van der Waals surface area (Å²) in [4.78, 5) is 11.6. The molecule has 0 bridgehead atoms. The number of hydrogen-bond donors (Lipinski definition) is 2. The minimum absolute atomic E-state index is 0.129. The van der Waals surface area contributed by atoms with Gasteiger partial charge in [0.05, 0.1) is 0 Å². The van der Waals surface area contributed by atoms with Gasteiger partial charge in [0, 0.05) is 24.6 Å². The second-order valence-electron chi connectivity index (χ2n) is 4.30. The van der Waals surface area contributed by atoms with Crippen LogP contribution in [0.25, 0.3) is 0 Å². The lowest BCUT2D eigenvalue weighted by Crippen LogP contribution is -2.30. The first-order chi connectivity index (χ1) is 7.72. The molecule has 1 atom stereocenters. The number of likely N-dealkylation sites (N-methyl/N-ethyl adjacent to an activating group) is 1. The van der Waals surface area contributed by atoms with Crippen LogP contribution in [0.5, 0.6) is 0 Å². The van der Waals surface area contributed by atoms with E-state index in [0.29, 0.717) is 12.3 Å². The standard InChI is InChI=1S/C13H18N2O/c1-3-14-8-10-7-12(16)15-13-9(2)5-4-6-11(10)13/h4-6,10,14H,3,7-8H2,1-2H3,(H,15,16). The van der Waals surface area contributed by atoms with Gasteiger partial charge in [-0.2, -0.15) is 0 Å². The van der Waals surface area contributed by atoms with E-state index in [2.05, 4.69) is 29.7 Å². The van der Waals surface area contributed by atoms with Gasteiger partial charge in [-0.1, -0.05) is 25.1 Å². The van der Waals surface area contributed by atoms with Gasteiger partial charge in [-0.05, 0) is 24.6 Å². The highest BCUT2D eigenvalue weighted by atomic mass is 16.1. The first-order valence-electron chi connectivity index (χ1n) is 5.82. The third kappa shape index (κ3) is 2.09. The number of amides is 1. The van der Waals surface area contributed by atoms with Gasteiger partial charge in [0.15, 0.2) is 0 Å². The third-order valence-electron chi connectivity index (χ3n) is 3.08. The molecule has 1 heterocycles. The molecule has 1 aromatic carbocycles. The van der Waals surface area contributed by atoms with E-state index in [1.165, 1.54) is 5.56 Å². The van der Waals surface area contributed by atoms with Gasteiger partial charge in [-0.3, -0.25) is 4.79 Å². The molecule has 0 fully saturated rings. The largest absolute Gasteiger partial charge is 0.326 e. The first kappa shape index (κ1) is 11.1. The van der Waals surface area contributed by atoms with Gasteiger partial charge in [0.1, 0.15) is 0 Å². The van der Waals surface area contributed by atoms with Crippen molar-refractivity contribution in [3.8, 4) is 0 Å². The lowest BCUT2D eigenvalue weighted by atomic mass is 9.89. The Morgan fingerprint density at radius 2 is 2.31 bits per heavy atom. The number of nitrogens with one attached hydrogen (secondary N) is 2. The van der Waals surface area contributed by atoms with Crippen LogP contribution in [0.15, 0.2) is 18.2 Å². The van der Waals surface area contributed by atoms with Gasteiger partial charge in [-0.25, -0.2) is 0 Å². The summed E-state index contributed by atoms with van der Waals surface area (Å²) < 4.78 is 0. The summed E-state index contributed by atoms with van der Waals surface area (Å²) >= 11 is 0. The summed E-state index contributed by atoms with van der Waals surface area (Å²) in [5, 5.41) is 6.29. The van der Waals surface area contributed by atoms with E-state index in [9.17, 15) is 4.79 Å². The Hall–Kier alpha value is -1.35. The fourth-order valence-electron chi connectivity index (χ4n) is 2.23. The average Bonchev–Trinajstić information content (AvgIpc) is 2.27. The second kappa shape index (κ2) is 4.66. The lowest BCUT2D eigenvalue weighted by molar-refractivity contribution is -0.116. The molecule has 86 valence electrons. The van der Waals surface area contributed by atoms with Crippen LogP contribution >= 0.6 is 0 Å². The maximum absolute atomic E-state index is 11.6. The number of para-hydroxylation sites is 1. The number of fused-ring (bicyclic) bond motifs is 1. The van der Waals surface area contributed by atoms with Crippen LogP contribution in [0, 0.1) is 6.92 Å². The summed E-state index contributed by atoms with van der Waals surface area (Å²) in [6, 6.07) is 6.21. The SMILES string of the molecule is CCNCC1CC(=O)Nc2c(C)cccc21. The summed E-state index contributed by atoms with van der Waals surface area (Å²) in [5.41, 5.74) is 3.43. The first-order valence-corrected chi connectivity index (χ1v) is 5.82. The summed E-state index contributed by atoms with van der Waals surface area (Å²) in [5.74, 6) is 0.438. The molecule has 0 radical (unpaired) electrons. The lowest BCUT2D eigenvalue weighted by Gasteiger charge is -2.27. The molecular formula is C13H18N2O. The summed E-state index contributed by atoms with van der Waals surface area (Å²) in [7, 11) is 0. The third-order valence-corrected chi connectivity index (χ3v) is 3.08. The van der Waals surface area contributed by atoms with Gasteiger partial charge < -0.3 is 10.6 Å². The van der Waals surface area contributed by atoms with Crippen molar-refractivity contribution in [3.63, 3.8) is 0 Å². The number of hydrogen-bond acceptors (Lipinski definition) is 2. The van der Waals surface area contributed by atoms with Crippen molar-refractivity contribution in [1.29, 1.82) is 0 Å². The Balaban J connectivity index is 2.30. The number of carbonyl (C=O) groups is 1. The average molecular weight is 218 g/mol. The van der Waals surface area contributed by atoms with Crippen LogP contribution in [-0.2, 0) is 4.79 Å². The quantitative estimate of drug-likeness (QED) is 0.815. The van der Waals surface area contributed by atoms with Gasteiger partial charge in [0.25, 0.3) is 0 Å². The molecule has 2 rings (SSSR count). The molecule has 0 saturated carbocycles. The molecule has 1 aliphatic heterocycles. The van der Waals surface area contributed by atoms with Gasteiger partial charge in [0.2, 0.25) is 5.91 Å². The van der Waals surface area contributed by atoms with E-state index >= 15 is 0 Å². The summed E-state index contributed by atoms with van der Waals surface area (Å²) in [6.07, 6.45) is 0.587. The van der Waals surface area contributed by atoms with Crippen molar-refractivity contribution in [1.82, 2.24) is 5.32 Å². The molecule has 0 aliphatic carbocycles. The molecule has 1 amide bonds. The minimum Gasteiger partial charge on any atom is -0.326 e. The number of carbonyl (C=O) groups excluding carboxylic acids is 1. The normalized spacial score (nSPS) is 19.1. The zero-order valence-electron chi connectivity index (χ0n) is 9.84. The predicted octanol–water partition coefficient (Wildman–Crippen LogP) is 2.03. The van der Waals surface area contributed by atoms with E-state index < -0.39 is 0 Å². The van der Waals surface area contributed by atoms with Crippen LogP contribution in [0.4, 0.5) is 5.69 Å². The number of rotatable bonds is 3. The molecular weight excluding hydrogens is 200 g/mol. The molecule has 16 heavy (non-hydrogen) atoms. The fourth-order valence-corrected chi connectivity index (χ4v) is 2.23. The van der Waals surface area contributed by atoms with Crippen LogP contribution < -0.4 is 10.6 Å². The van der Waals surface area contributed by atoms with Crippen molar-refractivity contribution in [2.24, 2.45) is 0 Å². The molecule has 0 spiro atoms. The molecule has 3 heteroatoms. The van der Waals surface area contributed by atoms with Crippen LogP contribution in [0.3, 0.4) is 0 Å². The van der Waals surface area contributed by atoms with Crippen LogP contribution in [-0.4, -0.2) is 19.0 Å². The Labute approximate surface area is 96.2 Å². The molecule has 1 aromatic rings. The Morgan fingerprint density at radius 1 is 1.50 bits per heavy atom. The molecule has 1 unspecified atom stereocenters. The van der Waals surface area contributed by atoms with Crippen molar-refractivity contribution < 1.29 is 4.79 Å². The van der Waals surface area contributed by atoms with Crippen molar-refractivity contribution in [2.75, 3.05) is 18.4 Å². The molecule has 0 aromatic heterocycles. The molecule has 1 aliphatic rings.